The van der Waals surface area contributed by atoms with Gasteiger partial charge in [0, 0.05) is 0 Å². The second-order valence-corrected chi connectivity index (χ2v) is 4.82. The number of aryl methyl sites for hydroxylation is 2. The van der Waals surface area contributed by atoms with Crippen molar-refractivity contribution in [3.8, 4) is 0 Å². The lowest BCUT2D eigenvalue weighted by atomic mass is 10.1. The summed E-state index contributed by atoms with van der Waals surface area (Å²) in [4.78, 5) is 0. The van der Waals surface area contributed by atoms with Gasteiger partial charge in [-0.05, 0) is 37.1 Å². The van der Waals surface area contributed by atoms with E-state index in [9.17, 15) is 0 Å². The summed E-state index contributed by atoms with van der Waals surface area (Å²) in [5, 5.41) is 0. The molecule has 0 spiro atoms. The van der Waals surface area contributed by atoms with Crippen LogP contribution < -0.4 is 0 Å². The van der Waals surface area contributed by atoms with Crippen molar-refractivity contribution < 1.29 is 4.74 Å². The Bertz CT molecular complexity index is 627. The van der Waals surface area contributed by atoms with E-state index in [0.29, 0.717) is 0 Å². The van der Waals surface area contributed by atoms with Gasteiger partial charge >= 0.3 is 0 Å². The molecule has 0 atom stereocenters. The summed E-state index contributed by atoms with van der Waals surface area (Å²) >= 11 is 0. The minimum Gasteiger partial charge on any atom is -0.456 e. The van der Waals surface area contributed by atoms with Crippen LogP contribution in [0.15, 0.2) is 72.5 Å². The third-order valence-corrected chi connectivity index (χ3v) is 2.93. The lowest BCUT2D eigenvalue weighted by Crippen LogP contribution is -1.72. The van der Waals surface area contributed by atoms with Crippen LogP contribution in [-0.4, -0.2) is 0 Å². The average molecular weight is 274 g/mol. The molecule has 104 valence electrons. The number of ether oxygens (including phenoxy) is 1. The zero-order valence-electron chi connectivity index (χ0n) is 12.3. The van der Waals surface area contributed by atoms with Gasteiger partial charge in [-0.25, -0.2) is 0 Å². The molecule has 1 heteroatoms. The van der Waals surface area contributed by atoms with Crippen LogP contribution >= 0.6 is 0 Å². The zero-order valence-corrected chi connectivity index (χ0v) is 12.3. The van der Waals surface area contributed by atoms with Gasteiger partial charge in [0.15, 0.2) is 0 Å². The highest BCUT2D eigenvalue weighted by molar-refractivity contribution is 5.49. The van der Waals surface area contributed by atoms with Crippen molar-refractivity contribution in [2.45, 2.75) is 13.8 Å². The summed E-state index contributed by atoms with van der Waals surface area (Å²) in [6, 6.07) is 16.5. The Labute approximate surface area is 126 Å². The molecule has 0 N–H and O–H groups in total. The van der Waals surface area contributed by atoms with Gasteiger partial charge in [-0.2, -0.15) is 0 Å². The number of rotatable bonds is 4. The van der Waals surface area contributed by atoms with E-state index < -0.39 is 0 Å². The van der Waals surface area contributed by atoms with E-state index in [-0.39, 0.29) is 0 Å². The Morgan fingerprint density at radius 3 is 1.43 bits per heavy atom. The second-order valence-electron chi connectivity index (χ2n) is 4.82. The highest BCUT2D eigenvalue weighted by Crippen LogP contribution is 2.05. The maximum atomic E-state index is 5.19. The Morgan fingerprint density at radius 1 is 0.667 bits per heavy atom. The van der Waals surface area contributed by atoms with Crippen molar-refractivity contribution in [3.05, 3.63) is 94.8 Å². The van der Waals surface area contributed by atoms with Crippen LogP contribution in [0.1, 0.15) is 22.3 Å². The smallest absolute Gasteiger partial charge is 0.133 e. The Morgan fingerprint density at radius 2 is 1.05 bits per heavy atom. The van der Waals surface area contributed by atoms with Gasteiger partial charge in [0.05, 0.1) is 0 Å². The molecule has 0 amide bonds. The first-order valence-corrected chi connectivity index (χ1v) is 6.85. The van der Waals surface area contributed by atoms with Gasteiger partial charge in [0.25, 0.3) is 0 Å². The normalized spacial score (nSPS) is 9.05. The number of hydrogen-bond donors (Lipinski definition) is 0. The van der Waals surface area contributed by atoms with Crippen molar-refractivity contribution in [2.75, 3.05) is 0 Å². The molecule has 2 aromatic rings. The maximum Gasteiger partial charge on any atom is 0.133 e. The van der Waals surface area contributed by atoms with Gasteiger partial charge in [0.2, 0.25) is 0 Å². The van der Waals surface area contributed by atoms with Crippen LogP contribution in [0.2, 0.25) is 0 Å². The molecule has 0 bridgehead atoms. The Kier molecular flexibility index (Phi) is 5.43. The minimum absolute atomic E-state index is 1.10. The van der Waals surface area contributed by atoms with Crippen LogP contribution in [0.5, 0.6) is 0 Å². The molecule has 0 fully saturated rings. The predicted octanol–water partition coefficient (Wildman–Crippen LogP) is 5.27. The molecule has 0 radical (unpaired) electrons. The lowest BCUT2D eigenvalue weighted by molar-refractivity contribution is 0.405. The third kappa shape index (κ3) is 5.42. The van der Waals surface area contributed by atoms with Crippen molar-refractivity contribution in [2.24, 2.45) is 0 Å². The van der Waals surface area contributed by atoms with E-state index in [0.717, 1.165) is 11.1 Å². The van der Waals surface area contributed by atoms with Crippen molar-refractivity contribution in [1.82, 2.24) is 0 Å². The van der Waals surface area contributed by atoms with E-state index in [4.69, 9.17) is 4.74 Å². The molecule has 0 aliphatic heterocycles. The fraction of sp³-hybridized carbons (Fsp3) is 0.100. The van der Waals surface area contributed by atoms with Crippen LogP contribution in [-0.2, 0) is 4.74 Å². The first kappa shape index (κ1) is 14.7. The van der Waals surface area contributed by atoms with Crippen LogP contribution in [0.3, 0.4) is 0 Å². The molecule has 0 unspecified atom stereocenters. The quantitative estimate of drug-likeness (QED) is 0.545. The molecule has 1 nitrogen and oxygen atoms in total. The van der Waals surface area contributed by atoms with Crippen LogP contribution in [0.25, 0.3) is 12.2 Å². The molecule has 0 aliphatic carbocycles. The van der Waals surface area contributed by atoms with Crippen LogP contribution in [0, 0.1) is 13.8 Å². The standard InChI is InChI=1S/C20H18O/c1-17-7-11-19(12-8-17)5-3-15-21-16-4-6-20-13-9-18(2)10-14-20/h5-16H,1-2H3. The molecule has 21 heavy (non-hydrogen) atoms. The number of benzene rings is 2. The summed E-state index contributed by atoms with van der Waals surface area (Å²) in [6.07, 6.45) is 6.76. The molecular formula is C20H18O. The van der Waals surface area contributed by atoms with E-state index >= 15 is 0 Å². The van der Waals surface area contributed by atoms with E-state index in [1.165, 1.54) is 23.7 Å². The first-order chi connectivity index (χ1) is 10.2. The fourth-order valence-corrected chi connectivity index (χ4v) is 1.70. The summed E-state index contributed by atoms with van der Waals surface area (Å²) in [7, 11) is 0. The van der Waals surface area contributed by atoms with E-state index in [1.54, 1.807) is 0 Å². The van der Waals surface area contributed by atoms with Crippen molar-refractivity contribution in [3.63, 3.8) is 0 Å². The molecule has 2 rings (SSSR count). The highest BCUT2D eigenvalue weighted by atomic mass is 16.5. The van der Waals surface area contributed by atoms with Gasteiger partial charge < -0.3 is 4.74 Å². The molecule has 0 aliphatic rings. The first-order valence-electron chi connectivity index (χ1n) is 6.85. The highest BCUT2D eigenvalue weighted by Gasteiger charge is 1.85. The monoisotopic (exact) mass is 274 g/mol. The molecule has 0 saturated heterocycles. The molecule has 0 aromatic heterocycles. The van der Waals surface area contributed by atoms with Gasteiger partial charge in [0.1, 0.15) is 12.5 Å². The summed E-state index contributed by atoms with van der Waals surface area (Å²) < 4.78 is 5.19. The SMILES string of the molecule is Cc1ccc(C=C=COC=C=Cc2ccc(C)cc2)cc1. The van der Waals surface area contributed by atoms with Crippen LogP contribution in [0.4, 0.5) is 0 Å². The Hall–Kier alpha value is -2.72. The predicted molar refractivity (Wildman–Crippen MR) is 88.5 cm³/mol. The van der Waals surface area contributed by atoms with Gasteiger partial charge in [-0.3, -0.25) is 0 Å². The van der Waals surface area contributed by atoms with Crippen molar-refractivity contribution >= 4 is 12.2 Å². The topological polar surface area (TPSA) is 9.23 Å². The Balaban J connectivity index is 1.88. The van der Waals surface area contributed by atoms with Crippen molar-refractivity contribution in [1.29, 1.82) is 0 Å². The second kappa shape index (κ2) is 7.77. The molecule has 2 aromatic carbocycles. The summed E-state index contributed by atoms with van der Waals surface area (Å²) in [6.45, 7) is 4.13. The number of hydrogen-bond acceptors (Lipinski definition) is 1. The summed E-state index contributed by atoms with van der Waals surface area (Å²) in [5.74, 6) is 0. The maximum absolute atomic E-state index is 5.19. The lowest BCUT2D eigenvalue weighted by Gasteiger charge is -1.92. The molecule has 0 saturated carbocycles. The fourth-order valence-electron chi connectivity index (χ4n) is 1.70. The minimum atomic E-state index is 1.10. The zero-order chi connectivity index (χ0) is 14.9. The largest absolute Gasteiger partial charge is 0.456 e. The van der Waals surface area contributed by atoms with Gasteiger partial charge in [-0.15, -0.1) is 0 Å². The van der Waals surface area contributed by atoms with E-state index in [1.807, 2.05) is 36.4 Å². The van der Waals surface area contributed by atoms with Gasteiger partial charge in [-0.1, -0.05) is 71.1 Å². The molecule has 0 heterocycles. The molecular weight excluding hydrogens is 256 g/mol. The summed E-state index contributed by atoms with van der Waals surface area (Å²) in [5.41, 5.74) is 10.6. The van der Waals surface area contributed by atoms with E-state index in [2.05, 4.69) is 49.6 Å². The third-order valence-electron chi connectivity index (χ3n) is 2.93. The average Bonchev–Trinajstić information content (AvgIpc) is 2.50.